The summed E-state index contributed by atoms with van der Waals surface area (Å²) >= 11 is 1.77. The van der Waals surface area contributed by atoms with Gasteiger partial charge in [0.05, 0.1) is 6.04 Å². The van der Waals surface area contributed by atoms with Gasteiger partial charge in [-0.2, -0.15) is 0 Å². The Labute approximate surface area is 115 Å². The number of nitrogens with two attached hydrogens (primary N) is 1. The molecule has 0 amide bonds. The van der Waals surface area contributed by atoms with Crippen molar-refractivity contribution in [1.82, 2.24) is 9.80 Å². The van der Waals surface area contributed by atoms with Crippen molar-refractivity contribution in [2.24, 2.45) is 5.73 Å². The molecule has 2 rings (SSSR count). The van der Waals surface area contributed by atoms with Crippen LogP contribution in [0.3, 0.4) is 0 Å². The Morgan fingerprint density at radius 3 is 3.00 bits per heavy atom. The van der Waals surface area contributed by atoms with Gasteiger partial charge in [0.25, 0.3) is 0 Å². The molecule has 2 heterocycles. The second-order valence-electron chi connectivity index (χ2n) is 5.29. The van der Waals surface area contributed by atoms with Crippen LogP contribution in [0.25, 0.3) is 0 Å². The number of hydrogen-bond donors (Lipinski definition) is 1. The molecule has 2 atom stereocenters. The van der Waals surface area contributed by atoms with Gasteiger partial charge in [0.15, 0.2) is 0 Å². The number of rotatable bonds is 4. The van der Waals surface area contributed by atoms with E-state index < -0.39 is 0 Å². The smallest absolute Gasteiger partial charge is 0.0519 e. The summed E-state index contributed by atoms with van der Waals surface area (Å²) in [6.07, 6.45) is 2.46. The van der Waals surface area contributed by atoms with Crippen LogP contribution in [-0.4, -0.2) is 49.1 Å². The zero-order chi connectivity index (χ0) is 13.0. The molecule has 102 valence electrons. The first-order chi connectivity index (χ1) is 8.70. The third-order valence-corrected chi connectivity index (χ3v) is 4.84. The molecule has 1 aliphatic rings. The van der Waals surface area contributed by atoms with Crippen molar-refractivity contribution in [2.75, 3.05) is 33.2 Å². The minimum atomic E-state index is 0.169. The van der Waals surface area contributed by atoms with Crippen molar-refractivity contribution < 1.29 is 0 Å². The van der Waals surface area contributed by atoms with Crippen LogP contribution < -0.4 is 5.73 Å². The summed E-state index contributed by atoms with van der Waals surface area (Å²) in [7, 11) is 2.23. The molecular weight excluding hydrogens is 242 g/mol. The molecule has 0 bridgehead atoms. The quantitative estimate of drug-likeness (QED) is 0.907. The SMILES string of the molecule is CCC1CN(C)CCCN1CC(N)c1cccs1. The molecule has 0 aliphatic carbocycles. The minimum Gasteiger partial charge on any atom is -0.322 e. The van der Waals surface area contributed by atoms with Crippen molar-refractivity contribution >= 4 is 11.3 Å². The first kappa shape index (κ1) is 14.0. The number of likely N-dealkylation sites (N-methyl/N-ethyl adjacent to an activating group) is 1. The lowest BCUT2D eigenvalue weighted by Gasteiger charge is -2.31. The molecular formula is C14H25N3S. The van der Waals surface area contributed by atoms with E-state index in [1.165, 1.54) is 37.4 Å². The normalized spacial score (nSPS) is 24.9. The lowest BCUT2D eigenvalue weighted by atomic mass is 10.1. The molecule has 0 aromatic carbocycles. The monoisotopic (exact) mass is 267 g/mol. The second kappa shape index (κ2) is 6.66. The molecule has 0 radical (unpaired) electrons. The molecule has 3 nitrogen and oxygen atoms in total. The Morgan fingerprint density at radius 1 is 1.50 bits per heavy atom. The summed E-state index contributed by atoms with van der Waals surface area (Å²) in [5, 5.41) is 2.11. The highest BCUT2D eigenvalue weighted by molar-refractivity contribution is 7.10. The molecule has 1 aliphatic heterocycles. The van der Waals surface area contributed by atoms with Crippen LogP contribution in [0.5, 0.6) is 0 Å². The Balaban J connectivity index is 1.97. The lowest BCUT2D eigenvalue weighted by Crippen LogP contribution is -2.43. The summed E-state index contributed by atoms with van der Waals surface area (Å²) in [4.78, 5) is 6.35. The topological polar surface area (TPSA) is 32.5 Å². The maximum atomic E-state index is 6.33. The third-order valence-electron chi connectivity index (χ3n) is 3.84. The lowest BCUT2D eigenvalue weighted by molar-refractivity contribution is 0.174. The van der Waals surface area contributed by atoms with E-state index >= 15 is 0 Å². The van der Waals surface area contributed by atoms with E-state index in [4.69, 9.17) is 5.73 Å². The van der Waals surface area contributed by atoms with E-state index in [-0.39, 0.29) is 6.04 Å². The molecule has 0 spiro atoms. The maximum absolute atomic E-state index is 6.33. The van der Waals surface area contributed by atoms with E-state index in [1.807, 2.05) is 0 Å². The largest absolute Gasteiger partial charge is 0.322 e. The van der Waals surface area contributed by atoms with E-state index in [2.05, 4.69) is 41.3 Å². The summed E-state index contributed by atoms with van der Waals surface area (Å²) in [5.41, 5.74) is 6.33. The van der Waals surface area contributed by atoms with Crippen molar-refractivity contribution in [3.8, 4) is 0 Å². The highest BCUT2D eigenvalue weighted by Gasteiger charge is 2.23. The molecule has 2 unspecified atom stereocenters. The van der Waals surface area contributed by atoms with Gasteiger partial charge in [0, 0.05) is 24.0 Å². The highest BCUT2D eigenvalue weighted by Crippen LogP contribution is 2.20. The molecule has 0 saturated carbocycles. The van der Waals surface area contributed by atoms with E-state index in [9.17, 15) is 0 Å². The maximum Gasteiger partial charge on any atom is 0.0519 e. The van der Waals surface area contributed by atoms with Gasteiger partial charge in [-0.15, -0.1) is 11.3 Å². The highest BCUT2D eigenvalue weighted by atomic mass is 32.1. The minimum absolute atomic E-state index is 0.169. The predicted octanol–water partition coefficient (Wildman–Crippen LogP) is 2.16. The fraction of sp³-hybridized carbons (Fsp3) is 0.714. The summed E-state index contributed by atoms with van der Waals surface area (Å²) in [6, 6.07) is 5.07. The van der Waals surface area contributed by atoms with Gasteiger partial charge >= 0.3 is 0 Å². The van der Waals surface area contributed by atoms with E-state index in [0.29, 0.717) is 6.04 Å². The first-order valence-corrected chi connectivity index (χ1v) is 7.80. The van der Waals surface area contributed by atoms with Crippen molar-refractivity contribution in [2.45, 2.75) is 31.8 Å². The van der Waals surface area contributed by atoms with Gasteiger partial charge in [0.1, 0.15) is 0 Å². The predicted molar refractivity (Wildman–Crippen MR) is 79.0 cm³/mol. The summed E-state index contributed by atoms with van der Waals surface area (Å²) in [6.45, 7) is 6.84. The molecule has 4 heteroatoms. The zero-order valence-corrected chi connectivity index (χ0v) is 12.3. The van der Waals surface area contributed by atoms with E-state index in [0.717, 1.165) is 6.54 Å². The van der Waals surface area contributed by atoms with Crippen LogP contribution in [0.15, 0.2) is 17.5 Å². The molecule has 1 aromatic rings. The Bertz CT molecular complexity index is 339. The van der Waals surface area contributed by atoms with Gasteiger partial charge in [-0.3, -0.25) is 4.90 Å². The van der Waals surface area contributed by atoms with Crippen molar-refractivity contribution in [3.63, 3.8) is 0 Å². The van der Waals surface area contributed by atoms with Crippen LogP contribution >= 0.6 is 11.3 Å². The van der Waals surface area contributed by atoms with Gasteiger partial charge in [-0.25, -0.2) is 0 Å². The Hall–Kier alpha value is -0.420. The molecule has 18 heavy (non-hydrogen) atoms. The summed E-state index contributed by atoms with van der Waals surface area (Å²) in [5.74, 6) is 0. The standard InChI is InChI=1S/C14H25N3S/c1-3-12-10-16(2)7-5-8-17(12)11-13(15)14-6-4-9-18-14/h4,6,9,12-13H,3,5,7-8,10-11,15H2,1-2H3. The van der Waals surface area contributed by atoms with Crippen LogP contribution in [-0.2, 0) is 0 Å². The average Bonchev–Trinajstić information content (AvgIpc) is 2.83. The zero-order valence-electron chi connectivity index (χ0n) is 11.5. The average molecular weight is 267 g/mol. The fourth-order valence-electron chi connectivity index (χ4n) is 2.77. The Morgan fingerprint density at radius 2 is 2.33 bits per heavy atom. The van der Waals surface area contributed by atoms with Gasteiger partial charge in [0.2, 0.25) is 0 Å². The van der Waals surface area contributed by atoms with Crippen LogP contribution in [0.4, 0.5) is 0 Å². The summed E-state index contributed by atoms with van der Waals surface area (Å²) < 4.78 is 0. The Kier molecular flexibility index (Phi) is 5.18. The van der Waals surface area contributed by atoms with Crippen LogP contribution in [0.1, 0.15) is 30.7 Å². The fourth-order valence-corrected chi connectivity index (χ4v) is 3.49. The van der Waals surface area contributed by atoms with Gasteiger partial charge in [-0.1, -0.05) is 13.0 Å². The van der Waals surface area contributed by atoms with Gasteiger partial charge < -0.3 is 10.6 Å². The number of thiophene rings is 1. The van der Waals surface area contributed by atoms with Crippen molar-refractivity contribution in [3.05, 3.63) is 22.4 Å². The third kappa shape index (κ3) is 3.54. The number of hydrogen-bond acceptors (Lipinski definition) is 4. The molecule has 1 fully saturated rings. The van der Waals surface area contributed by atoms with Crippen LogP contribution in [0, 0.1) is 0 Å². The van der Waals surface area contributed by atoms with Crippen LogP contribution in [0.2, 0.25) is 0 Å². The van der Waals surface area contributed by atoms with E-state index in [1.54, 1.807) is 11.3 Å². The molecule has 1 aromatic heterocycles. The first-order valence-electron chi connectivity index (χ1n) is 6.92. The van der Waals surface area contributed by atoms with Crippen molar-refractivity contribution in [1.29, 1.82) is 0 Å². The molecule has 1 saturated heterocycles. The molecule has 2 N–H and O–H groups in total. The second-order valence-corrected chi connectivity index (χ2v) is 6.27. The van der Waals surface area contributed by atoms with Gasteiger partial charge in [-0.05, 0) is 44.4 Å². The number of nitrogens with zero attached hydrogens (tertiary/aromatic N) is 2.